The van der Waals surface area contributed by atoms with E-state index < -0.39 is 0 Å². The molecule has 0 radical (unpaired) electrons. The Kier molecular flexibility index (Phi) is 3.71. The van der Waals surface area contributed by atoms with Crippen molar-refractivity contribution < 1.29 is 4.79 Å². The summed E-state index contributed by atoms with van der Waals surface area (Å²) in [6.07, 6.45) is 0. The Hall–Kier alpha value is -0.640. The largest absolute Gasteiger partial charge is 0.288 e. The highest BCUT2D eigenvalue weighted by Crippen LogP contribution is 2.30. The van der Waals surface area contributed by atoms with Crippen molar-refractivity contribution in [3.05, 3.63) is 54.6 Å². The summed E-state index contributed by atoms with van der Waals surface area (Å²) in [6.45, 7) is 3.87. The smallest absolute Gasteiger partial charge is 0.204 e. The van der Waals surface area contributed by atoms with Gasteiger partial charge in [0.05, 0.1) is 9.90 Å². The lowest BCUT2D eigenvalue weighted by atomic mass is 10.1. The van der Waals surface area contributed by atoms with E-state index in [2.05, 4.69) is 15.9 Å². The fourth-order valence-electron chi connectivity index (χ4n) is 1.53. The van der Waals surface area contributed by atoms with Gasteiger partial charge in [0.2, 0.25) is 5.78 Å². The van der Waals surface area contributed by atoms with Crippen LogP contribution in [0.1, 0.15) is 25.7 Å². The van der Waals surface area contributed by atoms with Crippen molar-refractivity contribution in [1.82, 2.24) is 0 Å². The van der Waals surface area contributed by atoms with Gasteiger partial charge in [-0.05, 0) is 47.5 Å². The molecule has 0 aliphatic heterocycles. The fraction of sp³-hybridized carbons (Fsp3) is 0.154. The van der Waals surface area contributed by atoms with Crippen molar-refractivity contribution >= 4 is 44.7 Å². The first-order chi connectivity index (χ1) is 8.00. The molecule has 0 fully saturated rings. The number of carbonyl (C=O) groups excluding carboxylic acids is 1. The normalized spacial score (nSPS) is 10.6. The minimum Gasteiger partial charge on any atom is -0.288 e. The van der Waals surface area contributed by atoms with E-state index in [-0.39, 0.29) is 5.78 Å². The van der Waals surface area contributed by atoms with Crippen LogP contribution in [0.5, 0.6) is 0 Å². The van der Waals surface area contributed by atoms with E-state index in [9.17, 15) is 4.79 Å². The predicted octanol–water partition coefficient (Wildman–Crippen LogP) is 5.01. The van der Waals surface area contributed by atoms with Crippen LogP contribution < -0.4 is 0 Å². The quantitative estimate of drug-likeness (QED) is 0.708. The molecule has 0 N–H and O–H groups in total. The van der Waals surface area contributed by atoms with E-state index in [4.69, 9.17) is 11.6 Å². The van der Waals surface area contributed by atoms with Crippen LogP contribution in [-0.4, -0.2) is 5.78 Å². The van der Waals surface area contributed by atoms with Crippen LogP contribution in [0, 0.1) is 13.8 Å². The molecule has 1 heterocycles. The second-order valence-electron chi connectivity index (χ2n) is 3.78. The number of benzene rings is 1. The van der Waals surface area contributed by atoms with Gasteiger partial charge in [0.15, 0.2) is 0 Å². The molecular weight excluding hydrogens is 320 g/mol. The lowest BCUT2D eigenvalue weighted by molar-refractivity contribution is 0.104. The SMILES string of the molecule is Cc1cccc(C(=O)c2cc(Br)c(C)s2)c1Cl. The zero-order chi connectivity index (χ0) is 12.6. The summed E-state index contributed by atoms with van der Waals surface area (Å²) in [5, 5.41) is 0.541. The molecule has 2 aromatic rings. The van der Waals surface area contributed by atoms with Gasteiger partial charge in [-0.1, -0.05) is 23.7 Å². The van der Waals surface area contributed by atoms with Crippen molar-refractivity contribution in [1.29, 1.82) is 0 Å². The molecule has 4 heteroatoms. The molecule has 0 atom stereocenters. The highest BCUT2D eigenvalue weighted by molar-refractivity contribution is 9.10. The zero-order valence-electron chi connectivity index (χ0n) is 9.38. The number of rotatable bonds is 2. The molecule has 0 bridgehead atoms. The number of ketones is 1. The van der Waals surface area contributed by atoms with Crippen LogP contribution in [0.3, 0.4) is 0 Å². The summed E-state index contributed by atoms with van der Waals surface area (Å²) in [5.74, 6) is -0.0162. The van der Waals surface area contributed by atoms with Crippen LogP contribution >= 0.6 is 38.9 Å². The summed E-state index contributed by atoms with van der Waals surface area (Å²) in [7, 11) is 0. The van der Waals surface area contributed by atoms with Crippen molar-refractivity contribution in [2.75, 3.05) is 0 Å². The van der Waals surface area contributed by atoms with Crippen LogP contribution in [0.15, 0.2) is 28.7 Å². The van der Waals surface area contributed by atoms with Gasteiger partial charge in [-0.15, -0.1) is 11.3 Å². The highest BCUT2D eigenvalue weighted by Gasteiger charge is 2.16. The van der Waals surface area contributed by atoms with E-state index in [1.807, 2.05) is 32.0 Å². The summed E-state index contributed by atoms with van der Waals surface area (Å²) in [6, 6.07) is 7.36. The third-order valence-electron chi connectivity index (χ3n) is 2.52. The van der Waals surface area contributed by atoms with Crippen LogP contribution in [0.2, 0.25) is 5.02 Å². The molecule has 17 heavy (non-hydrogen) atoms. The van der Waals surface area contributed by atoms with E-state index >= 15 is 0 Å². The second kappa shape index (κ2) is 4.92. The van der Waals surface area contributed by atoms with E-state index in [0.717, 1.165) is 14.9 Å². The third kappa shape index (κ3) is 2.46. The maximum absolute atomic E-state index is 12.3. The first-order valence-electron chi connectivity index (χ1n) is 5.06. The number of aryl methyl sites for hydroxylation is 2. The summed E-state index contributed by atoms with van der Waals surface area (Å²) in [4.78, 5) is 14.1. The minimum atomic E-state index is -0.0162. The van der Waals surface area contributed by atoms with E-state index in [1.165, 1.54) is 11.3 Å². The summed E-state index contributed by atoms with van der Waals surface area (Å²) < 4.78 is 0.967. The van der Waals surface area contributed by atoms with Crippen LogP contribution in [0.25, 0.3) is 0 Å². The van der Waals surface area contributed by atoms with Crippen molar-refractivity contribution in [2.45, 2.75) is 13.8 Å². The lowest BCUT2D eigenvalue weighted by Crippen LogP contribution is -2.00. The lowest BCUT2D eigenvalue weighted by Gasteiger charge is -2.03. The first-order valence-corrected chi connectivity index (χ1v) is 7.05. The zero-order valence-corrected chi connectivity index (χ0v) is 12.5. The maximum atomic E-state index is 12.3. The van der Waals surface area contributed by atoms with Gasteiger partial charge in [-0.3, -0.25) is 4.79 Å². The molecule has 2 rings (SSSR count). The van der Waals surface area contributed by atoms with Crippen molar-refractivity contribution in [3.63, 3.8) is 0 Å². The van der Waals surface area contributed by atoms with E-state index in [0.29, 0.717) is 15.5 Å². The molecule has 0 unspecified atom stereocenters. The van der Waals surface area contributed by atoms with Crippen molar-refractivity contribution in [3.8, 4) is 0 Å². The summed E-state index contributed by atoms with van der Waals surface area (Å²) >= 11 is 11.0. The predicted molar refractivity (Wildman–Crippen MR) is 76.4 cm³/mol. The number of carbonyl (C=O) groups is 1. The van der Waals surface area contributed by atoms with Gasteiger partial charge < -0.3 is 0 Å². The van der Waals surface area contributed by atoms with Gasteiger partial charge in [-0.2, -0.15) is 0 Å². The number of hydrogen-bond acceptors (Lipinski definition) is 2. The molecule has 0 aliphatic carbocycles. The van der Waals surface area contributed by atoms with Gasteiger partial charge in [-0.25, -0.2) is 0 Å². The molecule has 88 valence electrons. The molecule has 0 saturated carbocycles. The third-order valence-corrected chi connectivity index (χ3v) is 5.15. The van der Waals surface area contributed by atoms with Crippen LogP contribution in [-0.2, 0) is 0 Å². The first kappa shape index (κ1) is 12.8. The Labute approximate surface area is 118 Å². The number of hydrogen-bond donors (Lipinski definition) is 0. The molecule has 1 aromatic heterocycles. The molecular formula is C13H10BrClOS. The fourth-order valence-corrected chi connectivity index (χ4v) is 3.23. The van der Waals surface area contributed by atoms with E-state index in [1.54, 1.807) is 6.07 Å². The molecule has 1 nitrogen and oxygen atoms in total. The molecule has 0 aliphatic rings. The monoisotopic (exact) mass is 328 g/mol. The molecule has 1 aromatic carbocycles. The molecule has 0 spiro atoms. The highest BCUT2D eigenvalue weighted by atomic mass is 79.9. The van der Waals surface area contributed by atoms with Crippen LogP contribution in [0.4, 0.5) is 0 Å². The van der Waals surface area contributed by atoms with Gasteiger partial charge in [0.25, 0.3) is 0 Å². The van der Waals surface area contributed by atoms with Crippen molar-refractivity contribution in [2.24, 2.45) is 0 Å². The Morgan fingerprint density at radius 1 is 1.35 bits per heavy atom. The standard InChI is InChI=1S/C13H10BrClOS/c1-7-4-3-5-9(12(7)15)13(16)11-6-10(14)8(2)17-11/h3-6H,1-2H3. The average molecular weight is 330 g/mol. The Bertz CT molecular complexity index is 570. The average Bonchev–Trinajstić information content (AvgIpc) is 2.62. The maximum Gasteiger partial charge on any atom is 0.204 e. The Morgan fingerprint density at radius 3 is 2.65 bits per heavy atom. The van der Waals surface area contributed by atoms with Gasteiger partial charge in [0.1, 0.15) is 0 Å². The number of thiophene rings is 1. The second-order valence-corrected chi connectivity index (χ2v) is 6.27. The topological polar surface area (TPSA) is 17.1 Å². The molecule has 0 saturated heterocycles. The Morgan fingerprint density at radius 2 is 2.06 bits per heavy atom. The summed E-state index contributed by atoms with van der Waals surface area (Å²) in [5.41, 5.74) is 1.49. The minimum absolute atomic E-state index is 0.0162. The molecule has 0 amide bonds. The van der Waals surface area contributed by atoms with Gasteiger partial charge in [0, 0.05) is 14.9 Å². The number of halogens is 2. The Balaban J connectivity index is 2.47. The van der Waals surface area contributed by atoms with Gasteiger partial charge >= 0.3 is 0 Å².